The zero-order valence-electron chi connectivity index (χ0n) is 8.21. The van der Waals surface area contributed by atoms with Gasteiger partial charge in [0, 0.05) is 32.4 Å². The van der Waals surface area contributed by atoms with E-state index in [1.807, 2.05) is 11.8 Å². The summed E-state index contributed by atoms with van der Waals surface area (Å²) in [6, 6.07) is 0. The fourth-order valence-corrected chi connectivity index (χ4v) is 1.55. The van der Waals surface area contributed by atoms with Crippen LogP contribution in [0, 0.1) is 0 Å². The van der Waals surface area contributed by atoms with E-state index in [4.69, 9.17) is 0 Å². The molecule has 3 heteroatoms. The Morgan fingerprint density at radius 3 is 2.31 bits per heavy atom. The van der Waals surface area contributed by atoms with Gasteiger partial charge in [0.1, 0.15) is 5.78 Å². The lowest BCUT2D eigenvalue weighted by molar-refractivity contribution is -0.132. The van der Waals surface area contributed by atoms with Crippen LogP contribution >= 0.6 is 0 Å². The molecule has 1 fully saturated rings. The fourth-order valence-electron chi connectivity index (χ4n) is 1.55. The summed E-state index contributed by atoms with van der Waals surface area (Å²) in [7, 11) is 0. The Bertz CT molecular complexity index is 195. The van der Waals surface area contributed by atoms with E-state index in [0.29, 0.717) is 19.3 Å². The fraction of sp³-hybridized carbons (Fsp3) is 0.800. The van der Waals surface area contributed by atoms with Crippen molar-refractivity contribution in [3.05, 3.63) is 0 Å². The van der Waals surface area contributed by atoms with Gasteiger partial charge >= 0.3 is 0 Å². The third-order valence-electron chi connectivity index (χ3n) is 2.47. The molecule has 1 heterocycles. The number of carbonyl (C=O) groups excluding carboxylic acids is 2. The summed E-state index contributed by atoms with van der Waals surface area (Å²) >= 11 is 0. The molecule has 0 unspecified atom stereocenters. The molecule has 0 N–H and O–H groups in total. The van der Waals surface area contributed by atoms with Gasteiger partial charge in [-0.2, -0.15) is 0 Å². The number of likely N-dealkylation sites (tertiary alicyclic amines) is 1. The van der Waals surface area contributed by atoms with E-state index in [1.54, 1.807) is 0 Å². The van der Waals surface area contributed by atoms with E-state index in [0.717, 1.165) is 25.9 Å². The molecule has 13 heavy (non-hydrogen) atoms. The molecule has 0 aromatic rings. The molecule has 74 valence electrons. The van der Waals surface area contributed by atoms with Crippen LogP contribution in [0.5, 0.6) is 0 Å². The van der Waals surface area contributed by atoms with E-state index < -0.39 is 0 Å². The zero-order valence-corrected chi connectivity index (χ0v) is 8.21. The van der Waals surface area contributed by atoms with Gasteiger partial charge in [0.2, 0.25) is 5.91 Å². The van der Waals surface area contributed by atoms with Crippen LogP contribution in [0.3, 0.4) is 0 Å². The van der Waals surface area contributed by atoms with Crippen molar-refractivity contribution in [3.8, 4) is 0 Å². The number of amides is 1. The van der Waals surface area contributed by atoms with E-state index in [9.17, 15) is 9.59 Å². The Morgan fingerprint density at radius 2 is 1.77 bits per heavy atom. The third kappa shape index (κ3) is 3.17. The molecule has 1 rings (SSSR count). The van der Waals surface area contributed by atoms with Gasteiger partial charge in [-0.15, -0.1) is 0 Å². The second-order valence-electron chi connectivity index (χ2n) is 3.48. The van der Waals surface area contributed by atoms with Crippen LogP contribution in [-0.4, -0.2) is 29.7 Å². The van der Waals surface area contributed by atoms with Crippen LogP contribution in [-0.2, 0) is 9.59 Å². The largest absolute Gasteiger partial charge is 0.343 e. The Hall–Kier alpha value is -0.860. The van der Waals surface area contributed by atoms with Gasteiger partial charge in [-0.25, -0.2) is 0 Å². The van der Waals surface area contributed by atoms with Crippen LogP contribution in [0.15, 0.2) is 0 Å². The summed E-state index contributed by atoms with van der Waals surface area (Å²) < 4.78 is 0. The molecule has 1 aliphatic heterocycles. The highest BCUT2D eigenvalue weighted by Gasteiger charge is 2.17. The first-order valence-electron chi connectivity index (χ1n) is 5.03. The lowest BCUT2D eigenvalue weighted by atomic mass is 10.2. The topological polar surface area (TPSA) is 37.4 Å². The summed E-state index contributed by atoms with van der Waals surface area (Å²) in [6.45, 7) is 3.61. The molecule has 0 aromatic heterocycles. The normalized spacial score (nSPS) is 16.2. The molecule has 1 amide bonds. The highest BCUT2D eigenvalue weighted by atomic mass is 16.2. The maximum absolute atomic E-state index is 11.4. The maximum atomic E-state index is 11.4. The average molecular weight is 183 g/mol. The van der Waals surface area contributed by atoms with Crippen LogP contribution < -0.4 is 0 Å². The lowest BCUT2D eigenvalue weighted by Gasteiger charge is -2.14. The molecule has 0 atom stereocenters. The minimum atomic E-state index is 0.152. The van der Waals surface area contributed by atoms with Crippen LogP contribution in [0.25, 0.3) is 0 Å². The number of Topliss-reactive ketones (excluding diaryl/α,β-unsaturated/α-hetero) is 1. The second-order valence-corrected chi connectivity index (χ2v) is 3.48. The standard InChI is InChI=1S/C10H17NO2/c1-2-9(12)5-6-10(13)11-7-3-4-8-11/h2-8H2,1H3. The number of carbonyl (C=O) groups is 2. The highest BCUT2D eigenvalue weighted by Crippen LogP contribution is 2.10. The number of hydrogen-bond acceptors (Lipinski definition) is 2. The average Bonchev–Trinajstić information content (AvgIpc) is 2.66. The van der Waals surface area contributed by atoms with Gasteiger partial charge in [-0.3, -0.25) is 9.59 Å². The first-order valence-corrected chi connectivity index (χ1v) is 5.03. The molecule has 0 aliphatic carbocycles. The van der Waals surface area contributed by atoms with Crippen molar-refractivity contribution in [2.45, 2.75) is 39.0 Å². The number of hydrogen-bond donors (Lipinski definition) is 0. The van der Waals surface area contributed by atoms with Gasteiger partial charge in [-0.05, 0) is 12.8 Å². The molecule has 3 nitrogen and oxygen atoms in total. The summed E-state index contributed by atoms with van der Waals surface area (Å²) in [6.07, 6.45) is 3.62. The summed E-state index contributed by atoms with van der Waals surface area (Å²) in [5.74, 6) is 0.340. The quantitative estimate of drug-likeness (QED) is 0.660. The monoisotopic (exact) mass is 183 g/mol. The Kier molecular flexibility index (Phi) is 3.93. The predicted octanol–water partition coefficient (Wildman–Crippen LogP) is 1.37. The first kappa shape index (κ1) is 10.2. The molecular weight excluding hydrogens is 166 g/mol. The molecule has 0 radical (unpaired) electrons. The van der Waals surface area contributed by atoms with Gasteiger partial charge in [0.05, 0.1) is 0 Å². The third-order valence-corrected chi connectivity index (χ3v) is 2.47. The van der Waals surface area contributed by atoms with Crippen molar-refractivity contribution in [3.63, 3.8) is 0 Å². The van der Waals surface area contributed by atoms with Crippen molar-refractivity contribution < 1.29 is 9.59 Å². The van der Waals surface area contributed by atoms with E-state index in [1.165, 1.54) is 0 Å². The van der Waals surface area contributed by atoms with Gasteiger partial charge < -0.3 is 4.90 Å². The predicted molar refractivity (Wildman–Crippen MR) is 50.3 cm³/mol. The molecular formula is C10H17NO2. The Balaban J connectivity index is 2.20. The number of rotatable bonds is 4. The SMILES string of the molecule is CCC(=O)CCC(=O)N1CCCC1. The molecule has 0 bridgehead atoms. The zero-order chi connectivity index (χ0) is 9.68. The first-order chi connectivity index (χ1) is 6.24. The number of nitrogens with zero attached hydrogens (tertiary/aromatic N) is 1. The van der Waals surface area contributed by atoms with E-state index >= 15 is 0 Å². The molecule has 1 saturated heterocycles. The number of ketones is 1. The van der Waals surface area contributed by atoms with Gasteiger partial charge in [-0.1, -0.05) is 6.92 Å². The molecule has 0 aromatic carbocycles. The highest BCUT2D eigenvalue weighted by molar-refractivity contribution is 5.84. The minimum Gasteiger partial charge on any atom is -0.343 e. The van der Waals surface area contributed by atoms with Crippen molar-refractivity contribution in [2.75, 3.05) is 13.1 Å². The summed E-state index contributed by atoms with van der Waals surface area (Å²) in [5.41, 5.74) is 0. The Morgan fingerprint density at radius 1 is 1.15 bits per heavy atom. The molecule has 0 saturated carbocycles. The van der Waals surface area contributed by atoms with Crippen LogP contribution in [0.1, 0.15) is 39.0 Å². The molecule has 1 aliphatic rings. The molecule has 0 spiro atoms. The van der Waals surface area contributed by atoms with Gasteiger partial charge in [0.25, 0.3) is 0 Å². The van der Waals surface area contributed by atoms with Crippen molar-refractivity contribution >= 4 is 11.7 Å². The van der Waals surface area contributed by atoms with Crippen molar-refractivity contribution in [2.24, 2.45) is 0 Å². The van der Waals surface area contributed by atoms with Crippen LogP contribution in [0.2, 0.25) is 0 Å². The maximum Gasteiger partial charge on any atom is 0.223 e. The van der Waals surface area contributed by atoms with E-state index in [2.05, 4.69) is 0 Å². The van der Waals surface area contributed by atoms with E-state index in [-0.39, 0.29) is 11.7 Å². The van der Waals surface area contributed by atoms with Crippen molar-refractivity contribution in [1.82, 2.24) is 4.90 Å². The second kappa shape index (κ2) is 5.00. The minimum absolute atomic E-state index is 0.152. The van der Waals surface area contributed by atoms with Crippen molar-refractivity contribution in [1.29, 1.82) is 0 Å². The summed E-state index contributed by atoms with van der Waals surface area (Å²) in [5, 5.41) is 0. The lowest BCUT2D eigenvalue weighted by Crippen LogP contribution is -2.27. The van der Waals surface area contributed by atoms with Gasteiger partial charge in [0.15, 0.2) is 0 Å². The Labute approximate surface area is 79.1 Å². The summed E-state index contributed by atoms with van der Waals surface area (Å²) in [4.78, 5) is 24.3. The van der Waals surface area contributed by atoms with Crippen LogP contribution in [0.4, 0.5) is 0 Å². The smallest absolute Gasteiger partial charge is 0.223 e.